The van der Waals surface area contributed by atoms with Crippen molar-refractivity contribution in [1.82, 2.24) is 9.88 Å². The molecule has 0 aliphatic rings. The van der Waals surface area contributed by atoms with E-state index in [2.05, 4.69) is 9.88 Å². The molecular formula is C15H18N2OS. The predicted octanol–water partition coefficient (Wildman–Crippen LogP) is 3.16. The number of thiazole rings is 1. The van der Waals surface area contributed by atoms with Crippen LogP contribution < -0.4 is 0 Å². The number of hydrogen-bond acceptors (Lipinski definition) is 4. The van der Waals surface area contributed by atoms with Gasteiger partial charge in [0, 0.05) is 30.5 Å². The Bertz CT molecular complexity index is 520. The summed E-state index contributed by atoms with van der Waals surface area (Å²) in [6.07, 6.45) is 0.545. The van der Waals surface area contributed by atoms with Gasteiger partial charge in [-0.15, -0.1) is 11.3 Å². The van der Waals surface area contributed by atoms with Crippen LogP contribution in [-0.4, -0.2) is 29.3 Å². The Kier molecular flexibility index (Phi) is 4.82. The van der Waals surface area contributed by atoms with Crippen molar-refractivity contribution in [2.45, 2.75) is 19.9 Å². The van der Waals surface area contributed by atoms with E-state index < -0.39 is 0 Å². The van der Waals surface area contributed by atoms with Crippen LogP contribution in [0.5, 0.6) is 0 Å². The number of rotatable bonds is 6. The van der Waals surface area contributed by atoms with Crippen molar-refractivity contribution in [3.8, 4) is 0 Å². The maximum atomic E-state index is 12.0. The second kappa shape index (κ2) is 6.59. The molecule has 0 fully saturated rings. The third-order valence-corrected chi connectivity index (χ3v) is 3.64. The third kappa shape index (κ3) is 4.26. The number of aryl methyl sites for hydroxylation is 1. The Morgan fingerprint density at radius 2 is 2.05 bits per heavy atom. The van der Waals surface area contributed by atoms with Gasteiger partial charge in [0.15, 0.2) is 5.78 Å². The zero-order chi connectivity index (χ0) is 13.7. The van der Waals surface area contributed by atoms with Crippen LogP contribution in [0.2, 0.25) is 0 Å². The molecular weight excluding hydrogens is 256 g/mol. The lowest BCUT2D eigenvalue weighted by molar-refractivity contribution is 0.0967. The Labute approximate surface area is 117 Å². The van der Waals surface area contributed by atoms with E-state index in [0.29, 0.717) is 6.42 Å². The molecule has 3 nitrogen and oxygen atoms in total. The van der Waals surface area contributed by atoms with Gasteiger partial charge in [-0.2, -0.15) is 0 Å². The lowest BCUT2D eigenvalue weighted by Crippen LogP contribution is -2.21. The summed E-state index contributed by atoms with van der Waals surface area (Å²) in [6.45, 7) is 3.57. The summed E-state index contributed by atoms with van der Waals surface area (Å²) in [7, 11) is 2.02. The van der Waals surface area contributed by atoms with E-state index in [1.54, 1.807) is 11.3 Å². The monoisotopic (exact) mass is 274 g/mol. The van der Waals surface area contributed by atoms with Crippen LogP contribution in [0.1, 0.15) is 28.0 Å². The molecule has 0 radical (unpaired) electrons. The Balaban J connectivity index is 1.81. The average Bonchev–Trinajstić information content (AvgIpc) is 2.89. The minimum atomic E-state index is 0.199. The van der Waals surface area contributed by atoms with E-state index in [0.717, 1.165) is 24.3 Å². The predicted molar refractivity (Wildman–Crippen MR) is 78.6 cm³/mol. The van der Waals surface area contributed by atoms with Gasteiger partial charge in [0.2, 0.25) is 0 Å². The topological polar surface area (TPSA) is 33.2 Å². The molecule has 0 aliphatic carbocycles. The number of benzene rings is 1. The number of carbonyl (C=O) groups is 1. The van der Waals surface area contributed by atoms with Crippen molar-refractivity contribution >= 4 is 17.1 Å². The van der Waals surface area contributed by atoms with Crippen molar-refractivity contribution < 1.29 is 4.79 Å². The molecule has 0 saturated carbocycles. The number of ketones is 1. The molecule has 0 amide bonds. The summed E-state index contributed by atoms with van der Waals surface area (Å²) in [5.74, 6) is 0.199. The van der Waals surface area contributed by atoms with E-state index in [1.165, 1.54) is 5.56 Å². The molecule has 0 unspecified atom stereocenters. The number of Topliss-reactive ketones (excluding diaryl/α,β-unsaturated/α-hetero) is 1. The largest absolute Gasteiger partial charge is 0.300 e. The molecule has 19 heavy (non-hydrogen) atoms. The minimum Gasteiger partial charge on any atom is -0.300 e. The number of nitrogens with zero attached hydrogens (tertiary/aromatic N) is 2. The van der Waals surface area contributed by atoms with Gasteiger partial charge in [-0.05, 0) is 14.0 Å². The maximum absolute atomic E-state index is 12.0. The highest BCUT2D eigenvalue weighted by atomic mass is 32.1. The van der Waals surface area contributed by atoms with E-state index in [-0.39, 0.29) is 5.78 Å². The van der Waals surface area contributed by atoms with E-state index in [9.17, 15) is 4.79 Å². The van der Waals surface area contributed by atoms with Gasteiger partial charge < -0.3 is 4.90 Å². The Hall–Kier alpha value is -1.52. The second-order valence-electron chi connectivity index (χ2n) is 4.76. The standard InChI is InChI=1S/C15H18N2OS/c1-12-3-5-13(6-4-12)15(18)7-8-17(2)9-14-10-19-11-16-14/h3-6,10-11H,7-9H2,1-2H3. The van der Waals surface area contributed by atoms with Gasteiger partial charge in [-0.25, -0.2) is 4.98 Å². The molecule has 1 aromatic carbocycles. The molecule has 0 atom stereocenters. The fourth-order valence-corrected chi connectivity index (χ4v) is 2.40. The molecule has 1 aromatic heterocycles. The lowest BCUT2D eigenvalue weighted by Gasteiger charge is -2.14. The van der Waals surface area contributed by atoms with Crippen LogP contribution in [0.4, 0.5) is 0 Å². The summed E-state index contributed by atoms with van der Waals surface area (Å²) in [4.78, 5) is 18.4. The summed E-state index contributed by atoms with van der Waals surface area (Å²) >= 11 is 1.60. The zero-order valence-corrected chi connectivity index (χ0v) is 12.1. The number of carbonyl (C=O) groups excluding carboxylic acids is 1. The van der Waals surface area contributed by atoms with Crippen molar-refractivity contribution in [3.05, 3.63) is 52.0 Å². The highest BCUT2D eigenvalue weighted by Gasteiger charge is 2.08. The van der Waals surface area contributed by atoms with Crippen LogP contribution in [0.15, 0.2) is 35.2 Å². The molecule has 0 saturated heterocycles. The van der Waals surface area contributed by atoms with Crippen molar-refractivity contribution in [2.75, 3.05) is 13.6 Å². The SMILES string of the molecule is Cc1ccc(C(=O)CCN(C)Cc2cscn2)cc1. The van der Waals surface area contributed by atoms with Crippen molar-refractivity contribution in [1.29, 1.82) is 0 Å². The summed E-state index contributed by atoms with van der Waals surface area (Å²) < 4.78 is 0. The maximum Gasteiger partial charge on any atom is 0.164 e. The van der Waals surface area contributed by atoms with E-state index in [1.807, 2.05) is 49.1 Å². The van der Waals surface area contributed by atoms with Gasteiger partial charge in [-0.1, -0.05) is 29.8 Å². The first-order valence-corrected chi connectivity index (χ1v) is 7.25. The quantitative estimate of drug-likeness (QED) is 0.759. The zero-order valence-electron chi connectivity index (χ0n) is 11.3. The molecule has 4 heteroatoms. The van der Waals surface area contributed by atoms with Crippen molar-refractivity contribution in [3.63, 3.8) is 0 Å². The third-order valence-electron chi connectivity index (χ3n) is 3.01. The molecule has 2 aromatic rings. The fraction of sp³-hybridized carbons (Fsp3) is 0.333. The van der Waals surface area contributed by atoms with Crippen LogP contribution in [0.3, 0.4) is 0 Å². The van der Waals surface area contributed by atoms with Crippen molar-refractivity contribution in [2.24, 2.45) is 0 Å². The van der Waals surface area contributed by atoms with Crippen LogP contribution >= 0.6 is 11.3 Å². The van der Waals surface area contributed by atoms with Crippen LogP contribution in [0.25, 0.3) is 0 Å². The molecule has 100 valence electrons. The number of hydrogen-bond donors (Lipinski definition) is 0. The summed E-state index contributed by atoms with van der Waals surface area (Å²) in [6, 6.07) is 7.76. The highest BCUT2D eigenvalue weighted by molar-refractivity contribution is 7.07. The van der Waals surface area contributed by atoms with Gasteiger partial charge in [0.25, 0.3) is 0 Å². The van der Waals surface area contributed by atoms with Crippen LogP contribution in [0, 0.1) is 6.92 Å². The summed E-state index contributed by atoms with van der Waals surface area (Å²) in [5.41, 5.74) is 4.88. The highest BCUT2D eigenvalue weighted by Crippen LogP contribution is 2.08. The second-order valence-corrected chi connectivity index (χ2v) is 5.48. The van der Waals surface area contributed by atoms with Gasteiger partial charge in [-0.3, -0.25) is 4.79 Å². The molecule has 0 spiro atoms. The normalized spacial score (nSPS) is 10.9. The molecule has 1 heterocycles. The molecule has 0 bridgehead atoms. The molecule has 0 aliphatic heterocycles. The number of aromatic nitrogens is 1. The van der Waals surface area contributed by atoms with Gasteiger partial charge in [0.05, 0.1) is 11.2 Å². The van der Waals surface area contributed by atoms with E-state index >= 15 is 0 Å². The first-order valence-electron chi connectivity index (χ1n) is 6.30. The minimum absolute atomic E-state index is 0.199. The first-order chi connectivity index (χ1) is 9.15. The lowest BCUT2D eigenvalue weighted by atomic mass is 10.1. The fourth-order valence-electron chi connectivity index (χ4n) is 1.85. The summed E-state index contributed by atoms with van der Waals surface area (Å²) in [5, 5.41) is 2.04. The Morgan fingerprint density at radius 3 is 2.68 bits per heavy atom. The van der Waals surface area contributed by atoms with Gasteiger partial charge >= 0.3 is 0 Å². The van der Waals surface area contributed by atoms with Crippen LogP contribution in [-0.2, 0) is 6.54 Å². The molecule has 2 rings (SSSR count). The van der Waals surface area contributed by atoms with E-state index in [4.69, 9.17) is 0 Å². The molecule has 0 N–H and O–H groups in total. The average molecular weight is 274 g/mol. The van der Waals surface area contributed by atoms with Gasteiger partial charge in [0.1, 0.15) is 0 Å². The Morgan fingerprint density at radius 1 is 1.32 bits per heavy atom. The first kappa shape index (κ1) is 13.9. The smallest absolute Gasteiger partial charge is 0.164 e.